The van der Waals surface area contributed by atoms with Gasteiger partial charge in [0.15, 0.2) is 5.82 Å². The molecule has 12 heavy (non-hydrogen) atoms. The van der Waals surface area contributed by atoms with Gasteiger partial charge in [-0.1, -0.05) is 19.8 Å². The average molecular weight is 166 g/mol. The lowest BCUT2D eigenvalue weighted by atomic mass is 10.2. The van der Waals surface area contributed by atoms with Crippen LogP contribution in [0.2, 0.25) is 0 Å². The summed E-state index contributed by atoms with van der Waals surface area (Å²) < 4.78 is 1.77. The fourth-order valence-electron chi connectivity index (χ4n) is 1.10. The summed E-state index contributed by atoms with van der Waals surface area (Å²) >= 11 is 0. The Hall–Kier alpha value is -1.19. The molecule has 4 nitrogen and oxygen atoms in total. The topological polar surface area (TPSA) is 54.0 Å². The van der Waals surface area contributed by atoms with E-state index in [2.05, 4.69) is 17.1 Å². The van der Waals surface area contributed by atoms with Crippen LogP contribution in [0.15, 0.2) is 17.4 Å². The first-order valence-electron chi connectivity index (χ1n) is 4.27. The van der Waals surface area contributed by atoms with E-state index in [1.807, 2.05) is 0 Å². The number of nitrogens with zero attached hydrogens (tertiary/aromatic N) is 3. The zero-order valence-electron chi connectivity index (χ0n) is 7.32. The van der Waals surface area contributed by atoms with E-state index in [1.165, 1.54) is 12.8 Å². The van der Waals surface area contributed by atoms with Gasteiger partial charge in [-0.25, -0.2) is 10.2 Å². The quantitative estimate of drug-likeness (QED) is 0.530. The number of hydrogen-bond acceptors (Lipinski definition) is 3. The molecule has 1 rings (SSSR count). The Balaban J connectivity index is 2.45. The molecule has 4 heteroatoms. The summed E-state index contributed by atoms with van der Waals surface area (Å²) in [5, 5.41) is 7.42. The van der Waals surface area contributed by atoms with Crippen molar-refractivity contribution < 1.29 is 0 Å². The summed E-state index contributed by atoms with van der Waals surface area (Å²) in [6.45, 7) is 3.04. The maximum absolute atomic E-state index is 6.85. The smallest absolute Gasteiger partial charge is 0.172 e. The molecule has 0 unspecified atom stereocenters. The summed E-state index contributed by atoms with van der Waals surface area (Å²) in [4.78, 5) is 0. The number of aryl methyl sites for hydroxylation is 1. The van der Waals surface area contributed by atoms with Gasteiger partial charge in [-0.3, -0.25) is 0 Å². The Labute approximate surface area is 72.1 Å². The number of unbranched alkanes of at least 4 members (excludes halogenated alkanes) is 2. The molecule has 0 aliphatic carbocycles. The van der Waals surface area contributed by atoms with Gasteiger partial charge >= 0.3 is 0 Å². The molecule has 0 aliphatic rings. The molecule has 0 fully saturated rings. The first-order chi connectivity index (χ1) is 5.88. The lowest BCUT2D eigenvalue weighted by Crippen LogP contribution is -1.98. The van der Waals surface area contributed by atoms with Crippen LogP contribution in [0.1, 0.15) is 26.2 Å². The van der Waals surface area contributed by atoms with E-state index >= 15 is 0 Å². The van der Waals surface area contributed by atoms with Gasteiger partial charge in [0.1, 0.15) is 0 Å². The Morgan fingerprint density at radius 2 is 2.42 bits per heavy atom. The average Bonchev–Trinajstić information content (AvgIpc) is 2.52. The van der Waals surface area contributed by atoms with Crippen molar-refractivity contribution in [2.24, 2.45) is 5.11 Å². The van der Waals surface area contributed by atoms with E-state index in [-0.39, 0.29) is 0 Å². The van der Waals surface area contributed by atoms with Gasteiger partial charge in [0.05, 0.1) is 6.20 Å². The van der Waals surface area contributed by atoms with Gasteiger partial charge in [0, 0.05) is 12.6 Å². The Kier molecular flexibility index (Phi) is 3.44. The fraction of sp³-hybridized carbons (Fsp3) is 0.625. The second kappa shape index (κ2) is 4.64. The first kappa shape index (κ1) is 8.90. The summed E-state index contributed by atoms with van der Waals surface area (Å²) in [5.41, 5.74) is 6.85. The summed E-state index contributed by atoms with van der Waals surface area (Å²) in [6, 6.07) is 1.75. The van der Waals surface area contributed by atoms with Crippen LogP contribution in [0.25, 0.3) is 0 Å². The van der Waals surface area contributed by atoms with Crippen LogP contribution in [0.4, 0.5) is 5.82 Å². The second-order valence-corrected chi connectivity index (χ2v) is 2.73. The highest BCUT2D eigenvalue weighted by Gasteiger charge is 1.98. The molecule has 1 aromatic rings. The molecule has 0 radical (unpaired) electrons. The SMILES string of the molecule is CCCCCn1nccc1N=N. The van der Waals surface area contributed by atoms with Gasteiger partial charge in [-0.2, -0.15) is 5.10 Å². The lowest BCUT2D eigenvalue weighted by Gasteiger charge is -2.01. The number of rotatable bonds is 5. The molecule has 1 aromatic heterocycles. The standard InChI is InChI=1S/C8H14N4/c1-2-3-4-7-12-8(11-9)5-6-10-12/h5-6,9H,2-4,7H2,1H3. The molecule has 66 valence electrons. The van der Waals surface area contributed by atoms with E-state index in [0.29, 0.717) is 5.82 Å². The molecule has 1 heterocycles. The zero-order chi connectivity index (χ0) is 8.81. The fourth-order valence-corrected chi connectivity index (χ4v) is 1.10. The minimum atomic E-state index is 0.645. The summed E-state index contributed by atoms with van der Waals surface area (Å²) in [7, 11) is 0. The van der Waals surface area contributed by atoms with E-state index in [4.69, 9.17) is 5.53 Å². The van der Waals surface area contributed by atoms with Crippen LogP contribution < -0.4 is 0 Å². The van der Waals surface area contributed by atoms with Crippen LogP contribution in [0, 0.1) is 5.53 Å². The molecule has 0 aromatic carbocycles. The van der Waals surface area contributed by atoms with E-state index in [0.717, 1.165) is 13.0 Å². The van der Waals surface area contributed by atoms with Crippen molar-refractivity contribution in [1.82, 2.24) is 9.78 Å². The predicted octanol–water partition coefficient (Wildman–Crippen LogP) is 2.74. The highest BCUT2D eigenvalue weighted by Crippen LogP contribution is 2.10. The molecule has 0 aliphatic heterocycles. The largest absolute Gasteiger partial charge is 0.246 e. The first-order valence-corrected chi connectivity index (χ1v) is 4.27. The van der Waals surface area contributed by atoms with Gasteiger partial charge in [-0.05, 0) is 6.42 Å². The molecule has 0 atom stereocenters. The van der Waals surface area contributed by atoms with Crippen molar-refractivity contribution in [3.05, 3.63) is 12.3 Å². The van der Waals surface area contributed by atoms with Gasteiger partial charge in [0.25, 0.3) is 0 Å². The predicted molar refractivity (Wildman–Crippen MR) is 46.6 cm³/mol. The maximum Gasteiger partial charge on any atom is 0.172 e. The molecule has 0 bridgehead atoms. The van der Waals surface area contributed by atoms with E-state index < -0.39 is 0 Å². The van der Waals surface area contributed by atoms with Crippen LogP contribution in [0.5, 0.6) is 0 Å². The zero-order valence-corrected chi connectivity index (χ0v) is 7.32. The highest BCUT2D eigenvalue weighted by molar-refractivity contribution is 5.23. The van der Waals surface area contributed by atoms with Crippen molar-refractivity contribution in [2.75, 3.05) is 0 Å². The van der Waals surface area contributed by atoms with Crippen molar-refractivity contribution in [3.63, 3.8) is 0 Å². The van der Waals surface area contributed by atoms with Crippen molar-refractivity contribution >= 4 is 5.82 Å². The number of hydrogen-bond donors (Lipinski definition) is 1. The van der Waals surface area contributed by atoms with Gasteiger partial charge in [0.2, 0.25) is 0 Å². The molecule has 0 saturated heterocycles. The van der Waals surface area contributed by atoms with Crippen LogP contribution in [-0.2, 0) is 6.54 Å². The molecular formula is C8H14N4. The third-order valence-corrected chi connectivity index (χ3v) is 1.78. The van der Waals surface area contributed by atoms with Crippen LogP contribution >= 0.6 is 0 Å². The molecular weight excluding hydrogens is 152 g/mol. The normalized spacial score (nSPS) is 10.1. The maximum atomic E-state index is 6.85. The molecule has 0 amide bonds. The Bertz CT molecular complexity index is 241. The second-order valence-electron chi connectivity index (χ2n) is 2.73. The van der Waals surface area contributed by atoms with Crippen LogP contribution in [-0.4, -0.2) is 9.78 Å². The number of aromatic nitrogens is 2. The van der Waals surface area contributed by atoms with E-state index in [9.17, 15) is 0 Å². The molecule has 0 spiro atoms. The third-order valence-electron chi connectivity index (χ3n) is 1.78. The highest BCUT2D eigenvalue weighted by atomic mass is 15.3. The molecule has 1 N–H and O–H groups in total. The Morgan fingerprint density at radius 3 is 3.08 bits per heavy atom. The Morgan fingerprint density at radius 1 is 1.58 bits per heavy atom. The summed E-state index contributed by atoms with van der Waals surface area (Å²) in [5.74, 6) is 0.645. The van der Waals surface area contributed by atoms with Crippen molar-refractivity contribution in [1.29, 1.82) is 5.53 Å². The van der Waals surface area contributed by atoms with Gasteiger partial charge < -0.3 is 0 Å². The minimum absolute atomic E-state index is 0.645. The molecule has 0 saturated carbocycles. The van der Waals surface area contributed by atoms with Crippen LogP contribution in [0.3, 0.4) is 0 Å². The third kappa shape index (κ3) is 2.15. The minimum Gasteiger partial charge on any atom is -0.246 e. The summed E-state index contributed by atoms with van der Waals surface area (Å²) in [6.07, 6.45) is 5.20. The lowest BCUT2D eigenvalue weighted by molar-refractivity contribution is 0.554. The number of nitrogens with one attached hydrogen (secondary N) is 1. The monoisotopic (exact) mass is 166 g/mol. The van der Waals surface area contributed by atoms with Crippen molar-refractivity contribution in [2.45, 2.75) is 32.7 Å². The van der Waals surface area contributed by atoms with E-state index in [1.54, 1.807) is 16.9 Å². The van der Waals surface area contributed by atoms with Crippen molar-refractivity contribution in [3.8, 4) is 0 Å². The van der Waals surface area contributed by atoms with Gasteiger partial charge in [-0.15, -0.1) is 5.11 Å².